The van der Waals surface area contributed by atoms with Crippen LogP contribution in [0.25, 0.3) is 0 Å². The van der Waals surface area contributed by atoms with E-state index in [0.717, 1.165) is 16.2 Å². The predicted molar refractivity (Wildman–Crippen MR) is 71.1 cm³/mol. The Hall–Kier alpha value is -1.46. The molecular formula is C12H10ClNO3S. The van der Waals surface area contributed by atoms with Crippen LogP contribution in [0, 0.1) is 17.0 Å². The van der Waals surface area contributed by atoms with Crippen LogP contribution >= 0.6 is 23.4 Å². The van der Waals surface area contributed by atoms with Crippen LogP contribution in [-0.2, 0) is 5.75 Å². The molecule has 0 bridgehead atoms. The summed E-state index contributed by atoms with van der Waals surface area (Å²) in [6, 6.07) is 6.73. The molecule has 1 aromatic heterocycles. The van der Waals surface area contributed by atoms with E-state index >= 15 is 0 Å². The molecule has 1 aromatic carbocycles. The van der Waals surface area contributed by atoms with Crippen LogP contribution < -0.4 is 0 Å². The number of hydrogen-bond donors (Lipinski definition) is 0. The van der Waals surface area contributed by atoms with Crippen molar-refractivity contribution in [1.29, 1.82) is 0 Å². The van der Waals surface area contributed by atoms with Gasteiger partial charge < -0.3 is 4.42 Å². The van der Waals surface area contributed by atoms with Gasteiger partial charge in [0.05, 0.1) is 11.2 Å². The lowest BCUT2D eigenvalue weighted by molar-refractivity contribution is -0.384. The molecule has 0 aliphatic heterocycles. The van der Waals surface area contributed by atoms with Crippen LogP contribution in [0.15, 0.2) is 39.8 Å². The van der Waals surface area contributed by atoms with Crippen LogP contribution in [0.4, 0.5) is 5.69 Å². The lowest BCUT2D eigenvalue weighted by Crippen LogP contribution is -1.91. The molecule has 94 valence electrons. The molecule has 2 rings (SSSR count). The fourth-order valence-electron chi connectivity index (χ4n) is 1.47. The zero-order chi connectivity index (χ0) is 13.1. The van der Waals surface area contributed by atoms with Crippen molar-refractivity contribution in [3.05, 3.63) is 57.0 Å². The van der Waals surface area contributed by atoms with E-state index < -0.39 is 4.92 Å². The molecule has 0 spiro atoms. The molecular weight excluding hydrogens is 274 g/mol. The molecule has 0 aliphatic rings. The Balaban J connectivity index is 2.13. The summed E-state index contributed by atoms with van der Waals surface area (Å²) in [5, 5.41) is 10.9. The second-order valence-corrected chi connectivity index (χ2v) is 5.10. The van der Waals surface area contributed by atoms with Gasteiger partial charge in [-0.15, -0.1) is 11.8 Å². The number of furan rings is 1. The van der Waals surface area contributed by atoms with Gasteiger partial charge in [0.25, 0.3) is 5.69 Å². The largest absolute Gasteiger partial charge is 0.468 e. The first-order chi connectivity index (χ1) is 8.58. The Morgan fingerprint density at radius 1 is 1.44 bits per heavy atom. The average molecular weight is 284 g/mol. The normalized spacial score (nSPS) is 10.6. The van der Waals surface area contributed by atoms with Gasteiger partial charge in [-0.1, -0.05) is 17.7 Å². The Kier molecular flexibility index (Phi) is 3.93. The first-order valence-electron chi connectivity index (χ1n) is 5.17. The summed E-state index contributed by atoms with van der Waals surface area (Å²) in [5.74, 6) is 1.49. The molecule has 2 aromatic rings. The summed E-state index contributed by atoms with van der Waals surface area (Å²) in [7, 11) is 0. The summed E-state index contributed by atoms with van der Waals surface area (Å²) in [6.45, 7) is 1.88. The minimum absolute atomic E-state index is 0.0568. The zero-order valence-corrected chi connectivity index (χ0v) is 11.1. The molecule has 0 aliphatic carbocycles. The van der Waals surface area contributed by atoms with E-state index in [-0.39, 0.29) is 10.7 Å². The van der Waals surface area contributed by atoms with Gasteiger partial charge in [0.2, 0.25) is 0 Å². The SMILES string of the molecule is Cc1occc1SCc1ccc(Cl)c([N+](=O)[O-])c1. The maximum atomic E-state index is 10.8. The first kappa shape index (κ1) is 13.0. The van der Waals surface area contributed by atoms with Crippen molar-refractivity contribution in [2.24, 2.45) is 0 Å². The van der Waals surface area contributed by atoms with Crippen molar-refractivity contribution in [3.63, 3.8) is 0 Å². The van der Waals surface area contributed by atoms with E-state index in [0.29, 0.717) is 5.75 Å². The number of nitrogens with zero attached hydrogens (tertiary/aromatic N) is 1. The maximum Gasteiger partial charge on any atom is 0.288 e. The molecule has 0 amide bonds. The number of benzene rings is 1. The lowest BCUT2D eigenvalue weighted by Gasteiger charge is -2.02. The van der Waals surface area contributed by atoms with Crippen molar-refractivity contribution < 1.29 is 9.34 Å². The van der Waals surface area contributed by atoms with Crippen LogP contribution in [-0.4, -0.2) is 4.92 Å². The molecule has 0 atom stereocenters. The summed E-state index contributed by atoms with van der Waals surface area (Å²) in [4.78, 5) is 11.3. The van der Waals surface area contributed by atoms with Crippen molar-refractivity contribution in [2.45, 2.75) is 17.6 Å². The molecule has 0 saturated carbocycles. The highest BCUT2D eigenvalue weighted by Crippen LogP contribution is 2.30. The number of hydrogen-bond acceptors (Lipinski definition) is 4. The van der Waals surface area contributed by atoms with E-state index in [2.05, 4.69) is 0 Å². The summed E-state index contributed by atoms with van der Waals surface area (Å²) in [5.41, 5.74) is 0.801. The smallest absolute Gasteiger partial charge is 0.288 e. The van der Waals surface area contributed by atoms with Crippen molar-refractivity contribution in [3.8, 4) is 0 Å². The van der Waals surface area contributed by atoms with E-state index in [1.165, 1.54) is 6.07 Å². The van der Waals surface area contributed by atoms with Crippen molar-refractivity contribution >= 4 is 29.1 Å². The number of rotatable bonds is 4. The highest BCUT2D eigenvalue weighted by molar-refractivity contribution is 7.98. The number of thioether (sulfide) groups is 1. The highest BCUT2D eigenvalue weighted by Gasteiger charge is 2.13. The van der Waals surface area contributed by atoms with Crippen LogP contribution in [0.5, 0.6) is 0 Å². The Morgan fingerprint density at radius 2 is 2.22 bits per heavy atom. The molecule has 4 nitrogen and oxygen atoms in total. The Bertz CT molecular complexity index is 582. The summed E-state index contributed by atoms with van der Waals surface area (Å²) >= 11 is 7.33. The van der Waals surface area contributed by atoms with Gasteiger partial charge in [-0.25, -0.2) is 0 Å². The van der Waals surface area contributed by atoms with Crippen LogP contribution in [0.3, 0.4) is 0 Å². The highest BCUT2D eigenvalue weighted by atomic mass is 35.5. The molecule has 0 fully saturated rings. The minimum atomic E-state index is -0.473. The van der Waals surface area contributed by atoms with Gasteiger partial charge in [0.15, 0.2) is 0 Å². The first-order valence-corrected chi connectivity index (χ1v) is 6.54. The van der Waals surface area contributed by atoms with Gasteiger partial charge in [0.1, 0.15) is 10.8 Å². The predicted octanol–water partition coefficient (Wildman–Crippen LogP) is 4.44. The molecule has 0 N–H and O–H groups in total. The van der Waals surface area contributed by atoms with Crippen molar-refractivity contribution in [2.75, 3.05) is 0 Å². The number of nitro groups is 1. The number of nitro benzene ring substituents is 1. The molecule has 0 radical (unpaired) electrons. The van der Waals surface area contributed by atoms with Gasteiger partial charge in [-0.05, 0) is 24.6 Å². The van der Waals surface area contributed by atoms with E-state index in [1.54, 1.807) is 30.2 Å². The van der Waals surface area contributed by atoms with Crippen LogP contribution in [0.1, 0.15) is 11.3 Å². The van der Waals surface area contributed by atoms with Gasteiger partial charge in [-0.2, -0.15) is 0 Å². The fourth-order valence-corrected chi connectivity index (χ4v) is 2.56. The standard InChI is InChI=1S/C12H10ClNO3S/c1-8-12(4-5-17-8)18-7-9-2-3-10(13)11(6-9)14(15)16/h2-6H,7H2,1H3. The Morgan fingerprint density at radius 3 is 2.83 bits per heavy atom. The molecule has 0 saturated heterocycles. The van der Waals surface area contributed by atoms with Gasteiger partial charge in [0, 0.05) is 16.7 Å². The van der Waals surface area contributed by atoms with E-state index in [1.807, 2.05) is 13.0 Å². The maximum absolute atomic E-state index is 10.8. The molecule has 0 unspecified atom stereocenters. The van der Waals surface area contributed by atoms with Crippen molar-refractivity contribution in [1.82, 2.24) is 0 Å². The lowest BCUT2D eigenvalue weighted by atomic mass is 10.2. The second-order valence-electron chi connectivity index (χ2n) is 3.67. The molecule has 18 heavy (non-hydrogen) atoms. The van der Waals surface area contributed by atoms with Gasteiger partial charge >= 0.3 is 0 Å². The van der Waals surface area contributed by atoms with Gasteiger partial charge in [-0.3, -0.25) is 10.1 Å². The Labute approximate surface area is 113 Å². The summed E-state index contributed by atoms with van der Waals surface area (Å²) in [6.07, 6.45) is 1.63. The topological polar surface area (TPSA) is 56.3 Å². The second kappa shape index (κ2) is 5.46. The third-order valence-corrected chi connectivity index (χ3v) is 3.94. The molecule has 1 heterocycles. The minimum Gasteiger partial charge on any atom is -0.468 e. The monoisotopic (exact) mass is 283 g/mol. The number of aryl methyl sites for hydroxylation is 1. The quantitative estimate of drug-likeness (QED) is 0.473. The van der Waals surface area contributed by atoms with Crippen LogP contribution in [0.2, 0.25) is 5.02 Å². The number of halogens is 1. The molecule has 6 heteroatoms. The van der Waals surface area contributed by atoms with E-state index in [9.17, 15) is 10.1 Å². The average Bonchev–Trinajstić information content (AvgIpc) is 2.73. The fraction of sp³-hybridized carbons (Fsp3) is 0.167. The summed E-state index contributed by atoms with van der Waals surface area (Å²) < 4.78 is 5.18. The zero-order valence-electron chi connectivity index (χ0n) is 9.55. The third-order valence-electron chi connectivity index (χ3n) is 2.41. The third kappa shape index (κ3) is 2.86. The van der Waals surface area contributed by atoms with E-state index in [4.69, 9.17) is 16.0 Å².